The van der Waals surface area contributed by atoms with Gasteiger partial charge in [0, 0.05) is 0 Å². The Hall–Kier alpha value is -1.35. The number of carbonyl (C=O) groups excluding carboxylic acids is 1. The highest BCUT2D eigenvalue weighted by Gasteiger charge is 2.32. The Morgan fingerprint density at radius 1 is 1.15 bits per heavy atom. The summed E-state index contributed by atoms with van der Waals surface area (Å²) in [6.45, 7) is 4.08. The molecule has 0 aliphatic heterocycles. The largest absolute Gasteiger partial charge is 0.469 e. The van der Waals surface area contributed by atoms with Crippen molar-refractivity contribution in [3.8, 4) is 0 Å². The maximum absolute atomic E-state index is 11.6. The Bertz CT molecular complexity index is 464. The van der Waals surface area contributed by atoms with Gasteiger partial charge in [-0.1, -0.05) is 43.4 Å². The molecular weight excluding hydrogens is 324 g/mol. The number of hydrogen-bond donors (Lipinski definition) is 1. The van der Waals surface area contributed by atoms with E-state index in [4.69, 9.17) is 4.74 Å². The van der Waals surface area contributed by atoms with Crippen LogP contribution in [-0.2, 0) is 9.53 Å². The van der Waals surface area contributed by atoms with Gasteiger partial charge in [0.05, 0.1) is 19.1 Å². The highest BCUT2D eigenvalue weighted by molar-refractivity contribution is 5.72. The van der Waals surface area contributed by atoms with Gasteiger partial charge in [0.2, 0.25) is 0 Å². The third-order valence-corrected chi connectivity index (χ3v) is 5.48. The Kier molecular flexibility index (Phi) is 12.0. The summed E-state index contributed by atoms with van der Waals surface area (Å²) in [5, 5.41) is 10.3. The first-order valence-electron chi connectivity index (χ1n) is 10.3. The Balaban J connectivity index is 2.35. The van der Waals surface area contributed by atoms with Crippen LogP contribution in [-0.4, -0.2) is 24.3 Å². The number of hydrogen-bond acceptors (Lipinski definition) is 3. The quantitative estimate of drug-likeness (QED) is 0.279. The zero-order chi connectivity index (χ0) is 19.2. The van der Waals surface area contributed by atoms with E-state index >= 15 is 0 Å². The van der Waals surface area contributed by atoms with Gasteiger partial charge >= 0.3 is 5.97 Å². The van der Waals surface area contributed by atoms with Crippen LogP contribution in [0, 0.1) is 17.8 Å². The summed E-state index contributed by atoms with van der Waals surface area (Å²) >= 11 is 0. The van der Waals surface area contributed by atoms with Crippen molar-refractivity contribution in [3.05, 3.63) is 36.5 Å². The van der Waals surface area contributed by atoms with Crippen LogP contribution in [0.25, 0.3) is 0 Å². The number of rotatable bonds is 12. The first kappa shape index (κ1) is 22.7. The molecule has 0 spiro atoms. The minimum absolute atomic E-state index is 0.0000409. The van der Waals surface area contributed by atoms with Gasteiger partial charge in [-0.2, -0.15) is 0 Å². The summed E-state index contributed by atoms with van der Waals surface area (Å²) in [4.78, 5) is 11.6. The van der Waals surface area contributed by atoms with Crippen molar-refractivity contribution in [1.82, 2.24) is 0 Å². The molecule has 1 aliphatic carbocycles. The predicted octanol–water partition coefficient (Wildman–Crippen LogP) is 5.60. The topological polar surface area (TPSA) is 46.5 Å². The highest BCUT2D eigenvalue weighted by atomic mass is 16.5. The molecule has 3 heteroatoms. The maximum atomic E-state index is 11.6. The number of methoxy groups -OCH3 is 1. The van der Waals surface area contributed by atoms with Crippen LogP contribution in [0.1, 0.15) is 71.6 Å². The summed E-state index contributed by atoms with van der Waals surface area (Å²) in [5.41, 5.74) is 0. The number of aliphatic hydroxyl groups excluding tert-OH is 1. The number of unbranched alkanes of at least 4 members (excludes halogenated alkanes) is 2. The molecule has 3 nitrogen and oxygen atoms in total. The monoisotopic (exact) mass is 362 g/mol. The molecule has 1 N–H and O–H groups in total. The molecular formula is C23H38O3. The van der Waals surface area contributed by atoms with Crippen molar-refractivity contribution < 1.29 is 14.6 Å². The average Bonchev–Trinajstić information content (AvgIpc) is 3.00. The SMILES string of the molecule is CC=CCCCC=C[C@H]1CCC(O)[C@@H]1CC=CCCC(CC)C(=O)OC. The molecule has 1 fully saturated rings. The lowest BCUT2D eigenvalue weighted by Gasteiger charge is -2.18. The second-order valence-electron chi connectivity index (χ2n) is 7.31. The second kappa shape index (κ2) is 13.8. The molecule has 1 rings (SSSR count). The van der Waals surface area contributed by atoms with E-state index in [1.165, 1.54) is 13.5 Å². The lowest BCUT2D eigenvalue weighted by atomic mass is 9.90. The van der Waals surface area contributed by atoms with Gasteiger partial charge in [-0.05, 0) is 76.5 Å². The van der Waals surface area contributed by atoms with Crippen LogP contribution >= 0.6 is 0 Å². The fraction of sp³-hybridized carbons (Fsp3) is 0.696. The molecule has 0 bridgehead atoms. The van der Waals surface area contributed by atoms with Crippen molar-refractivity contribution in [3.63, 3.8) is 0 Å². The van der Waals surface area contributed by atoms with Gasteiger partial charge in [0.25, 0.3) is 0 Å². The fourth-order valence-corrected chi connectivity index (χ4v) is 3.76. The van der Waals surface area contributed by atoms with E-state index in [0.29, 0.717) is 11.8 Å². The van der Waals surface area contributed by atoms with Gasteiger partial charge in [0.1, 0.15) is 0 Å². The normalized spacial score (nSPS) is 24.8. The predicted molar refractivity (Wildman–Crippen MR) is 109 cm³/mol. The smallest absolute Gasteiger partial charge is 0.308 e. The van der Waals surface area contributed by atoms with E-state index in [-0.39, 0.29) is 18.0 Å². The number of allylic oxidation sites excluding steroid dienone is 6. The van der Waals surface area contributed by atoms with Crippen LogP contribution in [0.15, 0.2) is 36.5 Å². The lowest BCUT2D eigenvalue weighted by molar-refractivity contribution is -0.145. The van der Waals surface area contributed by atoms with Crippen LogP contribution in [0.3, 0.4) is 0 Å². The molecule has 0 aromatic heterocycles. The summed E-state index contributed by atoms with van der Waals surface area (Å²) in [6, 6.07) is 0. The standard InChI is InChI=1S/C23H38O3/c1-4-6-7-8-9-11-15-20-17-18-22(24)21(20)16-13-10-12-14-19(5-2)23(25)26-3/h4,6,10-11,13,15,19-22,24H,5,7-9,12,14,16-18H2,1-3H3/t19?,20-,21+,22?/m0/s1. The van der Waals surface area contributed by atoms with E-state index in [0.717, 1.165) is 51.4 Å². The van der Waals surface area contributed by atoms with Crippen molar-refractivity contribution in [2.24, 2.45) is 17.8 Å². The highest BCUT2D eigenvalue weighted by Crippen LogP contribution is 2.36. The third-order valence-electron chi connectivity index (χ3n) is 5.48. The molecule has 0 amide bonds. The van der Waals surface area contributed by atoms with Crippen molar-refractivity contribution in [2.45, 2.75) is 77.7 Å². The summed E-state index contributed by atoms with van der Waals surface area (Å²) in [7, 11) is 1.45. The number of aliphatic hydroxyl groups is 1. The van der Waals surface area contributed by atoms with E-state index in [1.54, 1.807) is 0 Å². The van der Waals surface area contributed by atoms with Gasteiger partial charge in [-0.15, -0.1) is 0 Å². The van der Waals surface area contributed by atoms with Crippen LogP contribution in [0.2, 0.25) is 0 Å². The number of carbonyl (C=O) groups is 1. The molecule has 1 saturated carbocycles. The molecule has 4 atom stereocenters. The third kappa shape index (κ3) is 8.35. The fourth-order valence-electron chi connectivity index (χ4n) is 3.76. The molecule has 148 valence electrons. The van der Waals surface area contributed by atoms with Gasteiger partial charge < -0.3 is 9.84 Å². The Labute approximate surface area is 160 Å². The van der Waals surface area contributed by atoms with E-state index in [9.17, 15) is 9.90 Å². The summed E-state index contributed by atoms with van der Waals surface area (Å²) in [6.07, 6.45) is 22.0. The first-order valence-corrected chi connectivity index (χ1v) is 10.3. The zero-order valence-electron chi connectivity index (χ0n) is 16.9. The van der Waals surface area contributed by atoms with E-state index in [1.807, 2.05) is 6.92 Å². The first-order chi connectivity index (χ1) is 12.6. The van der Waals surface area contributed by atoms with Crippen LogP contribution in [0.5, 0.6) is 0 Å². The van der Waals surface area contributed by atoms with Gasteiger partial charge in [-0.25, -0.2) is 0 Å². The van der Waals surface area contributed by atoms with Gasteiger partial charge in [0.15, 0.2) is 0 Å². The summed E-state index contributed by atoms with van der Waals surface area (Å²) < 4.78 is 4.83. The van der Waals surface area contributed by atoms with Crippen molar-refractivity contribution in [1.29, 1.82) is 0 Å². The molecule has 0 radical (unpaired) electrons. The Morgan fingerprint density at radius 2 is 1.92 bits per heavy atom. The minimum Gasteiger partial charge on any atom is -0.469 e. The average molecular weight is 363 g/mol. The zero-order valence-corrected chi connectivity index (χ0v) is 16.9. The molecule has 0 aromatic carbocycles. The molecule has 0 aromatic rings. The van der Waals surface area contributed by atoms with Crippen LogP contribution < -0.4 is 0 Å². The molecule has 0 saturated heterocycles. The molecule has 0 heterocycles. The number of ether oxygens (including phenoxy) is 1. The summed E-state index contributed by atoms with van der Waals surface area (Å²) in [5.74, 6) is 0.724. The van der Waals surface area contributed by atoms with Crippen molar-refractivity contribution >= 4 is 5.97 Å². The maximum Gasteiger partial charge on any atom is 0.308 e. The second-order valence-corrected chi connectivity index (χ2v) is 7.31. The van der Waals surface area contributed by atoms with Crippen LogP contribution in [0.4, 0.5) is 0 Å². The lowest BCUT2D eigenvalue weighted by Crippen LogP contribution is -2.17. The molecule has 26 heavy (non-hydrogen) atoms. The van der Waals surface area contributed by atoms with Gasteiger partial charge in [-0.3, -0.25) is 4.79 Å². The van der Waals surface area contributed by atoms with Crippen molar-refractivity contribution in [2.75, 3.05) is 7.11 Å². The molecule has 1 aliphatic rings. The van der Waals surface area contributed by atoms with E-state index in [2.05, 4.69) is 43.4 Å². The minimum atomic E-state index is -0.184. The number of esters is 1. The van der Waals surface area contributed by atoms with E-state index < -0.39 is 0 Å². The Morgan fingerprint density at radius 3 is 2.62 bits per heavy atom. The molecule has 2 unspecified atom stereocenters.